The van der Waals surface area contributed by atoms with E-state index >= 15 is 0 Å². The summed E-state index contributed by atoms with van der Waals surface area (Å²) in [6.45, 7) is 0.162. The van der Waals surface area contributed by atoms with Crippen LogP contribution in [-0.2, 0) is 35.8 Å². The van der Waals surface area contributed by atoms with Gasteiger partial charge in [-0.3, -0.25) is 9.52 Å². The highest BCUT2D eigenvalue weighted by molar-refractivity contribution is 7.93. The van der Waals surface area contributed by atoms with Gasteiger partial charge in [0.1, 0.15) is 17.1 Å². The lowest BCUT2D eigenvalue weighted by molar-refractivity contribution is -0.133. The first kappa shape index (κ1) is 25.0. The molecule has 2 aromatic rings. The third-order valence-electron chi connectivity index (χ3n) is 7.29. The lowest BCUT2D eigenvalue weighted by Gasteiger charge is -2.41. The van der Waals surface area contributed by atoms with Gasteiger partial charge < -0.3 is 14.7 Å². The molecule has 0 aromatic heterocycles. The number of benzene rings is 2. The average Bonchev–Trinajstić information content (AvgIpc) is 3.45. The highest BCUT2D eigenvalue weighted by Gasteiger charge is 2.58. The summed E-state index contributed by atoms with van der Waals surface area (Å²) in [7, 11) is -6.72. The maximum Gasteiger partial charge on any atom is 0.261 e. The van der Waals surface area contributed by atoms with E-state index in [2.05, 4.69) is 14.1 Å². The van der Waals surface area contributed by atoms with Crippen molar-refractivity contribution in [2.45, 2.75) is 42.5 Å². The van der Waals surface area contributed by atoms with Gasteiger partial charge in [0.05, 0.1) is 50.7 Å². The molecule has 0 aliphatic carbocycles. The molecular weight excluding hydrogens is 535 g/mol. The van der Waals surface area contributed by atoms with Gasteiger partial charge in [0.2, 0.25) is 10.0 Å². The van der Waals surface area contributed by atoms with Crippen LogP contribution in [0.25, 0.3) is 0 Å². The van der Waals surface area contributed by atoms with Gasteiger partial charge in [0.25, 0.3) is 5.91 Å². The highest BCUT2D eigenvalue weighted by atomic mass is 32.2. The number of carbonyl (C=O) groups excluding carboxylic acids is 1. The average molecular weight is 561 g/mol. The number of nitrogens with zero attached hydrogens (tertiary/aromatic N) is 3. The Morgan fingerprint density at radius 2 is 1.89 bits per heavy atom. The minimum absolute atomic E-state index is 0.136. The molecule has 200 valence electrons. The maximum atomic E-state index is 13.9. The van der Waals surface area contributed by atoms with Crippen LogP contribution >= 0.6 is 0 Å². The first-order chi connectivity index (χ1) is 17.9. The van der Waals surface area contributed by atoms with Crippen LogP contribution in [0.2, 0.25) is 0 Å². The number of nitrogens with one attached hydrogen (secondary N) is 1. The maximum absolute atomic E-state index is 13.9. The second-order valence-electron chi connectivity index (χ2n) is 10.0. The monoisotopic (exact) mass is 560 g/mol. The number of carbonyl (C=O) groups is 1. The van der Waals surface area contributed by atoms with E-state index in [0.717, 1.165) is 19.1 Å². The topological polar surface area (TPSA) is 138 Å². The van der Waals surface area contributed by atoms with Gasteiger partial charge in [-0.15, -0.1) is 0 Å². The molecule has 0 spiro atoms. The Kier molecular flexibility index (Phi) is 5.67. The van der Waals surface area contributed by atoms with Gasteiger partial charge in [0.15, 0.2) is 5.84 Å². The molecule has 13 heteroatoms. The Bertz CT molecular complexity index is 1660. The molecule has 2 N–H and O–H groups in total. The Morgan fingerprint density at radius 3 is 2.61 bits per heavy atom. The number of ether oxygens (including phenoxy) is 1. The second kappa shape index (κ2) is 8.61. The standard InChI is InChI=1S/C25H25FN4O6S2/c1-37(33)19-11-15(28-38(2,34)35)7-8-16(19)27-24(29-37)21-23(31)20-17-9-10-18(36-17)22(20)30(25(21)32)12-13-3-5-14(26)6-4-13/h3-8,11,17-18,20,22,28,31H,9-10,12H2,1-2H3/t17-,18+,20+,22-,37?/m0/s1. The normalized spacial score (nSPS) is 30.0. The van der Waals surface area contributed by atoms with Crippen LogP contribution in [0.1, 0.15) is 18.4 Å². The molecule has 1 amide bonds. The van der Waals surface area contributed by atoms with Crippen LogP contribution in [0.5, 0.6) is 0 Å². The van der Waals surface area contributed by atoms with Gasteiger partial charge in [-0.1, -0.05) is 12.1 Å². The number of halogens is 1. The van der Waals surface area contributed by atoms with Crippen LogP contribution in [0.4, 0.5) is 15.8 Å². The minimum atomic E-state index is -3.56. The summed E-state index contributed by atoms with van der Waals surface area (Å²) < 4.78 is 63.2. The summed E-state index contributed by atoms with van der Waals surface area (Å²) in [6.07, 6.45) is 3.35. The van der Waals surface area contributed by atoms with Gasteiger partial charge in [-0.25, -0.2) is 22.0 Å². The van der Waals surface area contributed by atoms with E-state index in [0.29, 0.717) is 5.56 Å². The molecule has 2 aromatic carbocycles. The number of aliphatic hydroxyl groups is 1. The SMILES string of the molecule is CS(=O)(=O)Nc1ccc2c(c1)S(C)(=O)=NC(C1=C(O)[C@H]3[C@H]([C@H]4CC[C@@H]3O4)N(Cc3ccc(F)cc3)C1=O)=N2. The summed E-state index contributed by atoms with van der Waals surface area (Å²) in [4.78, 5) is 20.2. The number of amides is 1. The van der Waals surface area contributed by atoms with Crippen molar-refractivity contribution in [2.24, 2.45) is 15.3 Å². The van der Waals surface area contributed by atoms with Crippen LogP contribution in [0.15, 0.2) is 68.0 Å². The van der Waals surface area contributed by atoms with E-state index in [-0.39, 0.29) is 58.0 Å². The number of hydrogen-bond donors (Lipinski definition) is 2. The number of aliphatic imine (C=N–C) groups is 1. The number of rotatable bonds is 5. The predicted octanol–water partition coefficient (Wildman–Crippen LogP) is 3.10. The van der Waals surface area contributed by atoms with Crippen molar-refractivity contribution in [3.63, 3.8) is 0 Å². The fourth-order valence-corrected chi connectivity index (χ4v) is 7.72. The van der Waals surface area contributed by atoms with E-state index < -0.39 is 37.6 Å². The highest BCUT2D eigenvalue weighted by Crippen LogP contribution is 2.49. The van der Waals surface area contributed by atoms with Crippen molar-refractivity contribution in [3.05, 3.63) is 65.2 Å². The summed E-state index contributed by atoms with van der Waals surface area (Å²) in [5, 5.41) is 11.4. The number of aliphatic hydroxyl groups excluding tert-OH is 1. The van der Waals surface area contributed by atoms with Gasteiger partial charge in [0, 0.05) is 18.5 Å². The van der Waals surface area contributed by atoms with Crippen molar-refractivity contribution in [3.8, 4) is 0 Å². The van der Waals surface area contributed by atoms with E-state index in [1.807, 2.05) is 0 Å². The van der Waals surface area contributed by atoms with Gasteiger partial charge in [-0.2, -0.15) is 4.36 Å². The van der Waals surface area contributed by atoms with Crippen LogP contribution < -0.4 is 4.72 Å². The van der Waals surface area contributed by atoms with Crippen molar-refractivity contribution in [1.82, 2.24) is 4.90 Å². The van der Waals surface area contributed by atoms with Gasteiger partial charge >= 0.3 is 0 Å². The summed E-state index contributed by atoms with van der Waals surface area (Å²) >= 11 is 0. The molecule has 4 aliphatic heterocycles. The zero-order chi connectivity index (χ0) is 27.0. The lowest BCUT2D eigenvalue weighted by Crippen LogP contribution is -2.55. The summed E-state index contributed by atoms with van der Waals surface area (Å²) in [5.41, 5.74) is 1.03. The molecule has 4 aliphatic rings. The van der Waals surface area contributed by atoms with E-state index in [9.17, 15) is 26.9 Å². The fraction of sp³-hybridized carbons (Fsp3) is 0.360. The molecule has 10 nitrogen and oxygen atoms in total. The molecule has 2 bridgehead atoms. The molecular formula is C25H25FN4O6S2. The van der Waals surface area contributed by atoms with Crippen molar-refractivity contribution < 1.29 is 31.7 Å². The number of fused-ring (bicyclic) bond motifs is 6. The first-order valence-corrected chi connectivity index (χ1v) is 15.8. The zero-order valence-corrected chi connectivity index (χ0v) is 22.1. The third-order valence-corrected chi connectivity index (χ3v) is 9.56. The Balaban J connectivity index is 1.44. The summed E-state index contributed by atoms with van der Waals surface area (Å²) in [5.74, 6) is -1.74. The molecule has 2 fully saturated rings. The number of anilines is 1. The van der Waals surface area contributed by atoms with Crippen molar-refractivity contribution in [1.29, 1.82) is 0 Å². The third kappa shape index (κ3) is 4.18. The minimum Gasteiger partial charge on any atom is -0.511 e. The molecule has 5 atom stereocenters. The Morgan fingerprint density at radius 1 is 1.18 bits per heavy atom. The zero-order valence-electron chi connectivity index (χ0n) is 20.5. The summed E-state index contributed by atoms with van der Waals surface area (Å²) in [6, 6.07) is 9.81. The van der Waals surface area contributed by atoms with Gasteiger partial charge in [-0.05, 0) is 48.7 Å². The number of hydrogen-bond acceptors (Lipinski definition) is 8. The molecule has 0 saturated carbocycles. The quantitative estimate of drug-likeness (QED) is 0.577. The van der Waals surface area contributed by atoms with Crippen LogP contribution in [0, 0.1) is 11.7 Å². The molecule has 38 heavy (non-hydrogen) atoms. The first-order valence-electron chi connectivity index (χ1n) is 12.0. The van der Waals surface area contributed by atoms with Crippen molar-refractivity contribution in [2.75, 3.05) is 17.2 Å². The number of sulfonamides is 1. The Labute approximate surface area is 219 Å². The second-order valence-corrected chi connectivity index (χ2v) is 14.0. The molecule has 4 heterocycles. The fourth-order valence-electron chi connectivity index (χ4n) is 5.75. The molecule has 6 rings (SSSR count). The molecule has 2 saturated heterocycles. The predicted molar refractivity (Wildman–Crippen MR) is 139 cm³/mol. The number of amidine groups is 1. The largest absolute Gasteiger partial charge is 0.511 e. The van der Waals surface area contributed by atoms with Crippen molar-refractivity contribution >= 4 is 42.9 Å². The van der Waals surface area contributed by atoms with E-state index in [4.69, 9.17) is 4.74 Å². The van der Waals surface area contributed by atoms with Crippen LogP contribution in [-0.4, -0.2) is 65.1 Å². The van der Waals surface area contributed by atoms with E-state index in [1.54, 1.807) is 17.0 Å². The van der Waals surface area contributed by atoms with Crippen LogP contribution in [0.3, 0.4) is 0 Å². The lowest BCUT2D eigenvalue weighted by atomic mass is 9.78. The molecule has 1 unspecified atom stereocenters. The Hall–Kier alpha value is -3.29. The molecule has 0 radical (unpaired) electrons. The van der Waals surface area contributed by atoms with E-state index in [1.165, 1.54) is 36.6 Å². The smallest absolute Gasteiger partial charge is 0.261 e.